The number of likely N-dealkylation sites (tertiary alicyclic amines) is 1. The average molecular weight is 656 g/mol. The first-order valence-corrected chi connectivity index (χ1v) is 16.4. The minimum atomic E-state index is -1.36. The maximum atomic E-state index is 16.0. The molecule has 7 nitrogen and oxygen atoms in total. The number of carbonyl (C=O) groups is 1. The van der Waals surface area contributed by atoms with Gasteiger partial charge in [0.05, 0.1) is 19.1 Å². The Morgan fingerprint density at radius 3 is 2.28 bits per heavy atom. The summed E-state index contributed by atoms with van der Waals surface area (Å²) in [6.45, 7) is 14.3. The van der Waals surface area contributed by atoms with Crippen molar-refractivity contribution in [3.63, 3.8) is 0 Å². The Morgan fingerprint density at radius 2 is 1.68 bits per heavy atom. The van der Waals surface area contributed by atoms with Crippen LogP contribution in [0.15, 0.2) is 41.3 Å². The molecule has 3 atom stereocenters. The number of nitrogens with one attached hydrogen (secondary N) is 1. The van der Waals surface area contributed by atoms with Crippen LogP contribution in [0.1, 0.15) is 79.1 Å². The fourth-order valence-corrected chi connectivity index (χ4v) is 6.58. The summed E-state index contributed by atoms with van der Waals surface area (Å²) in [5, 5.41) is 14.9. The van der Waals surface area contributed by atoms with Crippen LogP contribution in [0.5, 0.6) is 0 Å². The van der Waals surface area contributed by atoms with Gasteiger partial charge in [0.1, 0.15) is 24.0 Å². The van der Waals surface area contributed by atoms with Crippen molar-refractivity contribution in [2.75, 3.05) is 26.2 Å². The van der Waals surface area contributed by atoms with Gasteiger partial charge >= 0.3 is 5.97 Å². The number of carbonyl (C=O) groups excluding carboxylic acids is 1. The minimum absolute atomic E-state index is 0.0749. The molecule has 1 aromatic heterocycles. The minimum Gasteiger partial charge on any atom is -0.466 e. The SMILES string of the molecule is CCOC(=O)C[C@H](NC(O)C(CC(C)C)n1cc(CCN2CC(F)C2)c(C)cc1=O)c1cc(-c2c(C)cc(F)cc2C)cc(C)c1F. The van der Waals surface area contributed by atoms with E-state index in [9.17, 15) is 23.5 Å². The van der Waals surface area contributed by atoms with Crippen molar-refractivity contribution in [1.82, 2.24) is 14.8 Å². The summed E-state index contributed by atoms with van der Waals surface area (Å²) in [7, 11) is 0. The second kappa shape index (κ2) is 15.6. The fourth-order valence-electron chi connectivity index (χ4n) is 6.58. The molecule has 4 rings (SSSR count). The average Bonchev–Trinajstić information content (AvgIpc) is 2.95. The van der Waals surface area contributed by atoms with Gasteiger partial charge in [-0.3, -0.25) is 19.8 Å². The van der Waals surface area contributed by atoms with Gasteiger partial charge in [-0.05, 0) is 117 Å². The number of aryl methyl sites for hydroxylation is 4. The van der Waals surface area contributed by atoms with Crippen LogP contribution in [0.4, 0.5) is 13.2 Å². The Balaban J connectivity index is 1.73. The first-order chi connectivity index (χ1) is 22.2. The van der Waals surface area contributed by atoms with Crippen molar-refractivity contribution in [2.24, 2.45) is 5.92 Å². The van der Waals surface area contributed by atoms with E-state index in [-0.39, 0.29) is 35.9 Å². The number of halogens is 3. The summed E-state index contributed by atoms with van der Waals surface area (Å²) in [6, 6.07) is 5.93. The number of aliphatic hydroxyl groups excluding tert-OH is 1. The Hall–Kier alpha value is -3.47. The van der Waals surface area contributed by atoms with Gasteiger partial charge < -0.3 is 14.4 Å². The first kappa shape index (κ1) is 36.4. The van der Waals surface area contributed by atoms with Crippen molar-refractivity contribution in [3.05, 3.63) is 91.9 Å². The van der Waals surface area contributed by atoms with Crippen molar-refractivity contribution in [2.45, 2.75) is 92.2 Å². The molecular weight excluding hydrogens is 607 g/mol. The second-order valence-electron chi connectivity index (χ2n) is 13.3. The summed E-state index contributed by atoms with van der Waals surface area (Å²) < 4.78 is 50.2. The topological polar surface area (TPSA) is 83.8 Å². The third-order valence-electron chi connectivity index (χ3n) is 8.93. The van der Waals surface area contributed by atoms with Gasteiger partial charge in [-0.2, -0.15) is 0 Å². The summed E-state index contributed by atoms with van der Waals surface area (Å²) in [5.41, 5.74) is 4.67. The Kier molecular flexibility index (Phi) is 12.1. The zero-order valence-corrected chi connectivity index (χ0v) is 28.5. The molecular formula is C37H48F3N3O4. The number of benzene rings is 2. The third-order valence-corrected chi connectivity index (χ3v) is 8.93. The smallest absolute Gasteiger partial charge is 0.307 e. The number of aliphatic hydroxyl groups is 1. The highest BCUT2D eigenvalue weighted by molar-refractivity contribution is 5.73. The molecule has 2 heterocycles. The molecule has 1 aliphatic rings. The lowest BCUT2D eigenvalue weighted by molar-refractivity contribution is -0.144. The van der Waals surface area contributed by atoms with E-state index in [2.05, 4.69) is 5.32 Å². The Morgan fingerprint density at radius 1 is 1.02 bits per heavy atom. The molecule has 1 fully saturated rings. The van der Waals surface area contributed by atoms with E-state index in [1.54, 1.807) is 52.1 Å². The number of nitrogens with zero attached hydrogens (tertiary/aromatic N) is 2. The molecule has 0 radical (unpaired) electrons. The van der Waals surface area contributed by atoms with Crippen LogP contribution in [0.25, 0.3) is 11.1 Å². The van der Waals surface area contributed by atoms with Crippen LogP contribution >= 0.6 is 0 Å². The van der Waals surface area contributed by atoms with Gasteiger partial charge in [-0.15, -0.1) is 0 Å². The van der Waals surface area contributed by atoms with E-state index in [1.165, 1.54) is 16.7 Å². The molecule has 0 saturated carbocycles. The van der Waals surface area contributed by atoms with Crippen LogP contribution < -0.4 is 10.9 Å². The van der Waals surface area contributed by atoms with E-state index < -0.39 is 36.3 Å². The molecule has 47 heavy (non-hydrogen) atoms. The van der Waals surface area contributed by atoms with Gasteiger partial charge in [0.2, 0.25) is 0 Å². The number of alkyl halides is 1. The number of hydrogen-bond acceptors (Lipinski definition) is 6. The quantitative estimate of drug-likeness (QED) is 0.154. The first-order valence-electron chi connectivity index (χ1n) is 16.4. The maximum absolute atomic E-state index is 16.0. The number of esters is 1. The molecule has 0 aliphatic carbocycles. The van der Waals surface area contributed by atoms with Crippen LogP contribution in [-0.4, -0.2) is 59.2 Å². The highest BCUT2D eigenvalue weighted by atomic mass is 19.1. The van der Waals surface area contributed by atoms with Crippen molar-refractivity contribution >= 4 is 5.97 Å². The lowest BCUT2D eigenvalue weighted by atomic mass is 9.90. The van der Waals surface area contributed by atoms with E-state index in [1.807, 2.05) is 25.7 Å². The molecule has 2 aromatic carbocycles. The van der Waals surface area contributed by atoms with Crippen molar-refractivity contribution < 1.29 is 27.8 Å². The van der Waals surface area contributed by atoms with Gasteiger partial charge in [0.25, 0.3) is 5.56 Å². The highest BCUT2D eigenvalue weighted by Gasteiger charge is 2.31. The predicted octanol–water partition coefficient (Wildman–Crippen LogP) is 6.41. The number of pyridine rings is 1. The van der Waals surface area contributed by atoms with E-state index in [4.69, 9.17) is 4.74 Å². The van der Waals surface area contributed by atoms with Crippen LogP contribution in [0, 0.1) is 45.2 Å². The number of hydrogen-bond donors (Lipinski definition) is 2. The fraction of sp³-hybridized carbons (Fsp3) is 0.514. The van der Waals surface area contributed by atoms with Gasteiger partial charge in [0.15, 0.2) is 0 Å². The number of rotatable bonds is 14. The lowest BCUT2D eigenvalue weighted by Gasteiger charge is -2.34. The normalized spacial score (nSPS) is 15.8. The molecule has 0 bridgehead atoms. The zero-order valence-electron chi connectivity index (χ0n) is 28.5. The molecule has 3 aromatic rings. The van der Waals surface area contributed by atoms with Crippen LogP contribution in [-0.2, 0) is 16.0 Å². The van der Waals surface area contributed by atoms with Crippen LogP contribution in [0.2, 0.25) is 0 Å². The summed E-state index contributed by atoms with van der Waals surface area (Å²) in [5.74, 6) is -1.42. The Labute approximate surface area is 275 Å². The lowest BCUT2D eigenvalue weighted by Crippen LogP contribution is -2.49. The Bertz CT molecular complexity index is 1610. The third kappa shape index (κ3) is 8.91. The second-order valence-corrected chi connectivity index (χ2v) is 13.3. The standard InChI is InChI=1S/C37H48F3N3O4/c1-8-47-34(45)17-31(30-16-27(12-25(7)36(30)40)35-23(5)13-28(38)14-24(35)6)41-37(46)32(11-21(2)3)43-18-26(22(4)15-33(43)44)9-10-42-19-29(39)20-42/h12-16,18,21,29,31-32,37,41,46H,8-11,17,19-20H2,1-7H3/t31-,32?,37?/m0/s1. The predicted molar refractivity (Wildman–Crippen MR) is 178 cm³/mol. The zero-order chi connectivity index (χ0) is 34.6. The summed E-state index contributed by atoms with van der Waals surface area (Å²) >= 11 is 0. The molecule has 1 aliphatic heterocycles. The molecule has 1 saturated heterocycles. The molecule has 2 N–H and O–H groups in total. The maximum Gasteiger partial charge on any atom is 0.307 e. The van der Waals surface area contributed by atoms with Gasteiger partial charge in [-0.25, -0.2) is 13.2 Å². The number of ether oxygens (including phenoxy) is 1. The molecule has 0 amide bonds. The summed E-state index contributed by atoms with van der Waals surface area (Å²) in [6.07, 6.45) is 0.344. The molecule has 2 unspecified atom stereocenters. The van der Waals surface area contributed by atoms with Crippen molar-refractivity contribution in [3.8, 4) is 11.1 Å². The molecule has 10 heteroatoms. The van der Waals surface area contributed by atoms with Crippen LogP contribution in [0.3, 0.4) is 0 Å². The monoisotopic (exact) mass is 655 g/mol. The number of aromatic nitrogens is 1. The van der Waals surface area contributed by atoms with Crippen molar-refractivity contribution in [1.29, 1.82) is 0 Å². The van der Waals surface area contributed by atoms with E-state index in [0.717, 1.165) is 16.7 Å². The summed E-state index contributed by atoms with van der Waals surface area (Å²) in [4.78, 5) is 28.2. The largest absolute Gasteiger partial charge is 0.466 e. The molecule has 0 spiro atoms. The van der Waals surface area contributed by atoms with E-state index >= 15 is 4.39 Å². The molecule has 256 valence electrons. The highest BCUT2D eigenvalue weighted by Crippen LogP contribution is 2.34. The van der Waals surface area contributed by atoms with Gasteiger partial charge in [-0.1, -0.05) is 13.8 Å². The van der Waals surface area contributed by atoms with Gasteiger partial charge in [0, 0.05) is 43.5 Å². The van der Waals surface area contributed by atoms with E-state index in [0.29, 0.717) is 54.7 Å².